The molecule has 0 saturated heterocycles. The number of halogens is 3. The molecule has 208 valence electrons. The van der Waals surface area contributed by atoms with E-state index in [1.54, 1.807) is 18.2 Å². The van der Waals surface area contributed by atoms with E-state index < -0.39 is 21.9 Å². The molecular formula is C28H30Cl2FN3O4S. The molecule has 0 heterocycles. The molecular weight excluding hydrogens is 564 g/mol. The van der Waals surface area contributed by atoms with Crippen molar-refractivity contribution >= 4 is 50.7 Å². The van der Waals surface area contributed by atoms with Crippen molar-refractivity contribution in [2.45, 2.75) is 31.8 Å². The van der Waals surface area contributed by atoms with Gasteiger partial charge in [-0.15, -0.1) is 0 Å². The van der Waals surface area contributed by atoms with Gasteiger partial charge in [0.05, 0.1) is 17.0 Å². The lowest BCUT2D eigenvalue weighted by Gasteiger charge is -2.31. The van der Waals surface area contributed by atoms with Crippen LogP contribution in [-0.4, -0.2) is 51.0 Å². The molecule has 2 amide bonds. The Morgan fingerprint density at radius 1 is 0.974 bits per heavy atom. The normalized spacial score (nSPS) is 12.0. The molecule has 7 nitrogen and oxygen atoms in total. The maximum absolute atomic E-state index is 13.6. The minimum absolute atomic E-state index is 0.0294. The Morgan fingerprint density at radius 2 is 1.64 bits per heavy atom. The first-order valence-electron chi connectivity index (χ1n) is 12.2. The number of hydrogen-bond donors (Lipinski definition) is 1. The molecule has 0 spiro atoms. The van der Waals surface area contributed by atoms with Gasteiger partial charge in [-0.3, -0.25) is 13.9 Å². The van der Waals surface area contributed by atoms with Gasteiger partial charge in [-0.2, -0.15) is 0 Å². The fraction of sp³-hybridized carbons (Fsp3) is 0.286. The van der Waals surface area contributed by atoms with Crippen molar-refractivity contribution in [1.29, 1.82) is 0 Å². The van der Waals surface area contributed by atoms with E-state index in [2.05, 4.69) is 5.32 Å². The van der Waals surface area contributed by atoms with Gasteiger partial charge in [-0.05, 0) is 47.9 Å². The number of anilines is 1. The monoisotopic (exact) mass is 593 g/mol. The molecule has 0 radical (unpaired) electrons. The number of benzene rings is 3. The maximum Gasteiger partial charge on any atom is 0.242 e. The first kappa shape index (κ1) is 30.4. The highest BCUT2D eigenvalue weighted by atomic mass is 35.5. The van der Waals surface area contributed by atoms with Crippen molar-refractivity contribution in [2.24, 2.45) is 0 Å². The summed E-state index contributed by atoms with van der Waals surface area (Å²) in [6.07, 6.45) is 1.42. The van der Waals surface area contributed by atoms with Gasteiger partial charge in [0, 0.05) is 38.0 Å². The van der Waals surface area contributed by atoms with Crippen LogP contribution < -0.4 is 9.62 Å². The molecule has 1 N–H and O–H groups in total. The summed E-state index contributed by atoms with van der Waals surface area (Å²) in [5.41, 5.74) is 1.73. The van der Waals surface area contributed by atoms with E-state index in [1.165, 1.54) is 36.2 Å². The number of carbonyl (C=O) groups excluding carboxylic acids is 2. The number of likely N-dealkylation sites (N-methyl/N-ethyl adjacent to an activating group) is 1. The first-order valence-corrected chi connectivity index (χ1v) is 14.8. The van der Waals surface area contributed by atoms with Gasteiger partial charge in [0.25, 0.3) is 0 Å². The van der Waals surface area contributed by atoms with Crippen molar-refractivity contribution in [2.75, 3.05) is 24.2 Å². The molecule has 0 aliphatic heterocycles. The highest BCUT2D eigenvalue weighted by molar-refractivity contribution is 7.92. The Hall–Kier alpha value is -3.14. The Kier molecular flexibility index (Phi) is 10.7. The minimum Gasteiger partial charge on any atom is -0.357 e. The Morgan fingerprint density at radius 3 is 2.26 bits per heavy atom. The second-order valence-electron chi connectivity index (χ2n) is 9.00. The number of sulfonamides is 1. The number of hydrogen-bond acceptors (Lipinski definition) is 4. The van der Waals surface area contributed by atoms with Crippen molar-refractivity contribution in [3.8, 4) is 0 Å². The van der Waals surface area contributed by atoms with Crippen LogP contribution in [0.4, 0.5) is 10.1 Å². The second kappa shape index (κ2) is 13.8. The standard InChI is InChI=1S/C28H30Cl2FN3O4S/c1-32-28(36)26(17-20-7-4-3-5-8-20)33(19-21-10-13-23(31)14-11-21)27(35)9-6-16-34(39(2,37)38)25-18-22(29)12-15-24(25)30/h3-5,7-8,10-15,18,26H,6,9,16-17,19H2,1-2H3,(H,32,36). The summed E-state index contributed by atoms with van der Waals surface area (Å²) < 4.78 is 39.8. The molecule has 0 aliphatic carbocycles. The van der Waals surface area contributed by atoms with E-state index in [4.69, 9.17) is 23.2 Å². The lowest BCUT2D eigenvalue weighted by atomic mass is 10.0. The summed E-state index contributed by atoms with van der Waals surface area (Å²) >= 11 is 12.3. The van der Waals surface area contributed by atoms with E-state index in [0.717, 1.165) is 16.1 Å². The molecule has 3 aromatic rings. The summed E-state index contributed by atoms with van der Waals surface area (Å²) in [5, 5.41) is 3.16. The van der Waals surface area contributed by atoms with Crippen LogP contribution in [0.3, 0.4) is 0 Å². The summed E-state index contributed by atoms with van der Waals surface area (Å²) in [4.78, 5) is 28.1. The van der Waals surface area contributed by atoms with Gasteiger partial charge in [-0.25, -0.2) is 12.8 Å². The molecule has 1 atom stereocenters. The number of amides is 2. The van der Waals surface area contributed by atoms with Crippen molar-refractivity contribution < 1.29 is 22.4 Å². The highest BCUT2D eigenvalue weighted by Crippen LogP contribution is 2.31. The third kappa shape index (κ3) is 8.68. The summed E-state index contributed by atoms with van der Waals surface area (Å²) in [6, 6.07) is 18.7. The zero-order valence-electron chi connectivity index (χ0n) is 21.6. The lowest BCUT2D eigenvalue weighted by molar-refractivity contribution is -0.141. The fourth-order valence-electron chi connectivity index (χ4n) is 4.17. The van der Waals surface area contributed by atoms with Crippen LogP contribution in [0.2, 0.25) is 10.0 Å². The summed E-state index contributed by atoms with van der Waals surface area (Å²) in [7, 11) is -2.24. The predicted molar refractivity (Wildman–Crippen MR) is 153 cm³/mol. The van der Waals surface area contributed by atoms with Gasteiger partial charge in [-0.1, -0.05) is 65.7 Å². The third-order valence-corrected chi connectivity index (χ3v) is 7.85. The van der Waals surface area contributed by atoms with E-state index in [9.17, 15) is 22.4 Å². The first-order chi connectivity index (χ1) is 18.5. The van der Waals surface area contributed by atoms with Crippen LogP contribution >= 0.6 is 23.2 Å². The SMILES string of the molecule is CNC(=O)C(Cc1ccccc1)N(Cc1ccc(F)cc1)C(=O)CCCN(c1cc(Cl)ccc1Cl)S(C)(=O)=O. The third-order valence-electron chi connectivity index (χ3n) is 6.11. The van der Waals surface area contributed by atoms with Crippen molar-refractivity contribution in [1.82, 2.24) is 10.2 Å². The molecule has 11 heteroatoms. The smallest absolute Gasteiger partial charge is 0.242 e. The summed E-state index contributed by atoms with van der Waals surface area (Å²) in [5.74, 6) is -1.11. The van der Waals surface area contributed by atoms with Crippen LogP contribution in [0, 0.1) is 5.82 Å². The van der Waals surface area contributed by atoms with Crippen molar-refractivity contribution in [3.63, 3.8) is 0 Å². The predicted octanol–water partition coefficient (Wildman–Crippen LogP) is 5.06. The molecule has 1 unspecified atom stereocenters. The largest absolute Gasteiger partial charge is 0.357 e. The molecule has 0 aliphatic rings. The number of nitrogens with one attached hydrogen (secondary N) is 1. The van der Waals surface area contributed by atoms with Crippen molar-refractivity contribution in [3.05, 3.63) is 99.8 Å². The van der Waals surface area contributed by atoms with Gasteiger partial charge >= 0.3 is 0 Å². The average Bonchev–Trinajstić information content (AvgIpc) is 2.90. The molecule has 3 rings (SSSR count). The maximum atomic E-state index is 13.6. The number of rotatable bonds is 12. The molecule has 3 aromatic carbocycles. The molecule has 0 aromatic heterocycles. The van der Waals surface area contributed by atoms with E-state index >= 15 is 0 Å². The zero-order chi connectivity index (χ0) is 28.6. The van der Waals surface area contributed by atoms with Gasteiger partial charge in [0.15, 0.2) is 0 Å². The van der Waals surface area contributed by atoms with Crippen LogP contribution in [-0.2, 0) is 32.6 Å². The molecule has 39 heavy (non-hydrogen) atoms. The highest BCUT2D eigenvalue weighted by Gasteiger charge is 2.30. The Labute approximate surface area is 238 Å². The minimum atomic E-state index is -3.74. The van der Waals surface area contributed by atoms with Crippen LogP contribution in [0.25, 0.3) is 0 Å². The quantitative estimate of drug-likeness (QED) is 0.318. The van der Waals surface area contributed by atoms with Gasteiger partial charge in [0.2, 0.25) is 21.8 Å². The zero-order valence-corrected chi connectivity index (χ0v) is 23.9. The van der Waals surface area contributed by atoms with Crippen LogP contribution in [0.5, 0.6) is 0 Å². The van der Waals surface area contributed by atoms with E-state index in [1.807, 2.05) is 30.3 Å². The molecule has 0 bridgehead atoms. The van der Waals surface area contributed by atoms with Gasteiger partial charge < -0.3 is 10.2 Å². The van der Waals surface area contributed by atoms with E-state index in [0.29, 0.717) is 10.6 Å². The number of nitrogens with zero attached hydrogens (tertiary/aromatic N) is 2. The Bertz CT molecular complexity index is 1390. The summed E-state index contributed by atoms with van der Waals surface area (Å²) in [6.45, 7) is 0.0400. The van der Waals surface area contributed by atoms with E-state index in [-0.39, 0.29) is 54.9 Å². The number of carbonyl (C=O) groups is 2. The fourth-order valence-corrected chi connectivity index (χ4v) is 5.57. The molecule has 0 fully saturated rings. The lowest BCUT2D eigenvalue weighted by Crippen LogP contribution is -2.49. The Balaban J connectivity index is 1.86. The van der Waals surface area contributed by atoms with Crippen LogP contribution in [0.15, 0.2) is 72.8 Å². The van der Waals surface area contributed by atoms with Gasteiger partial charge in [0.1, 0.15) is 11.9 Å². The molecule has 0 saturated carbocycles. The topological polar surface area (TPSA) is 86.8 Å². The second-order valence-corrected chi connectivity index (χ2v) is 11.8. The van der Waals surface area contributed by atoms with Crippen LogP contribution in [0.1, 0.15) is 24.0 Å². The average molecular weight is 595 g/mol.